The van der Waals surface area contributed by atoms with E-state index >= 15 is 0 Å². The van der Waals surface area contributed by atoms with Gasteiger partial charge in [0, 0.05) is 50.5 Å². The molecule has 0 saturated carbocycles. The number of amides is 3. The molecular formula is C26H36N4O4. The summed E-state index contributed by atoms with van der Waals surface area (Å²) in [7, 11) is 5.63. The van der Waals surface area contributed by atoms with Gasteiger partial charge in [0.2, 0.25) is 5.91 Å². The molecule has 1 aliphatic rings. The first-order valence-electron chi connectivity index (χ1n) is 11.6. The summed E-state index contributed by atoms with van der Waals surface area (Å²) >= 11 is 0. The van der Waals surface area contributed by atoms with E-state index in [1.807, 2.05) is 81.4 Å². The normalized spacial score (nSPS) is 19.1. The van der Waals surface area contributed by atoms with Crippen LogP contribution in [0.25, 0.3) is 0 Å². The van der Waals surface area contributed by atoms with E-state index in [1.165, 1.54) is 0 Å². The Kier molecular flexibility index (Phi) is 8.39. The zero-order valence-corrected chi connectivity index (χ0v) is 20.7. The third-order valence-corrected chi connectivity index (χ3v) is 6.24. The van der Waals surface area contributed by atoms with E-state index in [0.717, 1.165) is 16.9 Å². The van der Waals surface area contributed by atoms with Crippen LogP contribution in [0.2, 0.25) is 0 Å². The standard InChI is InChI=1S/C26H36N4O4/c1-18-15-30(19(2)17-31)25(32)14-20-13-22(28(3)4)11-12-23(20)34-24(18)16-29(5)26(33)27-21-9-7-6-8-10-21/h6-13,18-19,24,31H,14-17H2,1-5H3,(H,27,33)/t18-,19-,24+/m1/s1. The Balaban J connectivity index is 1.88. The van der Waals surface area contributed by atoms with Crippen LogP contribution in [0, 0.1) is 5.92 Å². The third-order valence-electron chi connectivity index (χ3n) is 6.24. The number of aliphatic hydroxyl groups excluding tert-OH is 1. The fourth-order valence-corrected chi connectivity index (χ4v) is 4.01. The van der Waals surface area contributed by atoms with Gasteiger partial charge in [0.15, 0.2) is 0 Å². The zero-order chi connectivity index (χ0) is 24.8. The van der Waals surface area contributed by atoms with Gasteiger partial charge in [-0.3, -0.25) is 4.79 Å². The number of para-hydroxylation sites is 1. The van der Waals surface area contributed by atoms with Crippen LogP contribution in [0.4, 0.5) is 16.2 Å². The largest absolute Gasteiger partial charge is 0.488 e. The molecule has 8 heteroatoms. The van der Waals surface area contributed by atoms with Crippen LogP contribution in [-0.2, 0) is 11.2 Å². The van der Waals surface area contributed by atoms with E-state index in [9.17, 15) is 14.7 Å². The Bertz CT molecular complexity index is 982. The Morgan fingerprint density at radius 2 is 1.91 bits per heavy atom. The summed E-state index contributed by atoms with van der Waals surface area (Å²) in [5.74, 6) is 0.514. The molecule has 0 fully saturated rings. The minimum atomic E-state index is -0.352. The van der Waals surface area contributed by atoms with Gasteiger partial charge < -0.3 is 29.9 Å². The number of rotatable bonds is 6. The SMILES string of the molecule is C[C@@H]1CN([C@H](C)CO)C(=O)Cc2cc(N(C)C)ccc2O[C@H]1CN(C)C(=O)Nc1ccccc1. The van der Waals surface area contributed by atoms with Crippen LogP contribution >= 0.6 is 0 Å². The minimum absolute atomic E-state index is 0.0509. The first kappa shape index (κ1) is 25.4. The molecule has 0 bridgehead atoms. The molecule has 1 aliphatic heterocycles. The van der Waals surface area contributed by atoms with E-state index in [-0.39, 0.29) is 43.0 Å². The maximum atomic E-state index is 13.2. The summed E-state index contributed by atoms with van der Waals surface area (Å²) in [5.41, 5.74) is 2.49. The summed E-state index contributed by atoms with van der Waals surface area (Å²) in [6.45, 7) is 4.50. The van der Waals surface area contributed by atoms with E-state index in [0.29, 0.717) is 18.8 Å². The minimum Gasteiger partial charge on any atom is -0.488 e. The number of benzene rings is 2. The molecular weight excluding hydrogens is 432 g/mol. The summed E-state index contributed by atoms with van der Waals surface area (Å²) in [6.07, 6.45) is -0.166. The number of ether oxygens (including phenoxy) is 1. The second kappa shape index (κ2) is 11.2. The zero-order valence-electron chi connectivity index (χ0n) is 20.7. The van der Waals surface area contributed by atoms with Crippen molar-refractivity contribution in [1.29, 1.82) is 0 Å². The number of hydrogen-bond acceptors (Lipinski definition) is 5. The number of carbonyl (C=O) groups excluding carboxylic acids is 2. The molecule has 2 aromatic rings. The van der Waals surface area contributed by atoms with Crippen molar-refractivity contribution >= 4 is 23.3 Å². The number of nitrogens with zero attached hydrogens (tertiary/aromatic N) is 3. The van der Waals surface area contributed by atoms with E-state index in [4.69, 9.17) is 4.74 Å². The average Bonchev–Trinajstić information content (AvgIpc) is 2.86. The fourth-order valence-electron chi connectivity index (χ4n) is 4.01. The van der Waals surface area contributed by atoms with Crippen molar-refractivity contribution in [2.24, 2.45) is 5.92 Å². The molecule has 0 spiro atoms. The number of hydrogen-bond donors (Lipinski definition) is 2. The summed E-state index contributed by atoms with van der Waals surface area (Å²) in [5, 5.41) is 12.7. The lowest BCUT2D eigenvalue weighted by Crippen LogP contribution is -2.48. The number of anilines is 2. The lowest BCUT2D eigenvalue weighted by atomic mass is 10.0. The molecule has 3 amide bonds. The van der Waals surface area contributed by atoms with Crippen LogP contribution in [-0.4, -0.2) is 79.8 Å². The first-order chi connectivity index (χ1) is 16.2. The average molecular weight is 469 g/mol. The second-order valence-electron chi connectivity index (χ2n) is 9.25. The predicted molar refractivity (Wildman–Crippen MR) is 134 cm³/mol. The molecule has 3 atom stereocenters. The van der Waals surface area contributed by atoms with Gasteiger partial charge in [-0.2, -0.15) is 0 Å². The highest BCUT2D eigenvalue weighted by Crippen LogP contribution is 2.30. The molecule has 1 heterocycles. The predicted octanol–water partition coefficient (Wildman–Crippen LogP) is 3.07. The van der Waals surface area contributed by atoms with Gasteiger partial charge in [0.1, 0.15) is 11.9 Å². The van der Waals surface area contributed by atoms with Crippen molar-refractivity contribution in [3.63, 3.8) is 0 Å². The highest BCUT2D eigenvalue weighted by molar-refractivity contribution is 5.89. The maximum absolute atomic E-state index is 13.2. The second-order valence-corrected chi connectivity index (χ2v) is 9.25. The molecule has 3 rings (SSSR count). The molecule has 2 aromatic carbocycles. The van der Waals surface area contributed by atoms with Gasteiger partial charge in [0.25, 0.3) is 0 Å². The first-order valence-corrected chi connectivity index (χ1v) is 11.6. The number of likely N-dealkylation sites (N-methyl/N-ethyl adjacent to an activating group) is 1. The van der Waals surface area contributed by atoms with Gasteiger partial charge in [-0.15, -0.1) is 0 Å². The lowest BCUT2D eigenvalue weighted by molar-refractivity contribution is -0.134. The highest BCUT2D eigenvalue weighted by atomic mass is 16.5. The molecule has 2 N–H and O–H groups in total. The van der Waals surface area contributed by atoms with E-state index in [1.54, 1.807) is 16.8 Å². The fraction of sp³-hybridized carbons (Fsp3) is 0.462. The molecule has 0 unspecified atom stereocenters. The summed E-state index contributed by atoms with van der Waals surface area (Å²) in [6, 6.07) is 14.6. The van der Waals surface area contributed by atoms with E-state index in [2.05, 4.69) is 5.32 Å². The Morgan fingerprint density at radius 3 is 2.56 bits per heavy atom. The Hall–Kier alpha value is -3.26. The van der Waals surface area contributed by atoms with E-state index < -0.39 is 0 Å². The quantitative estimate of drug-likeness (QED) is 0.681. The molecule has 34 heavy (non-hydrogen) atoms. The van der Waals surface area contributed by atoms with Crippen molar-refractivity contribution in [1.82, 2.24) is 9.80 Å². The molecule has 0 radical (unpaired) electrons. The number of urea groups is 1. The number of fused-ring (bicyclic) bond motifs is 1. The van der Waals surface area contributed by atoms with Crippen LogP contribution in [0.15, 0.2) is 48.5 Å². The Morgan fingerprint density at radius 1 is 1.21 bits per heavy atom. The summed E-state index contributed by atoms with van der Waals surface area (Å²) < 4.78 is 6.46. The summed E-state index contributed by atoms with van der Waals surface area (Å²) in [4.78, 5) is 31.3. The van der Waals surface area contributed by atoms with Crippen molar-refractivity contribution in [3.8, 4) is 5.75 Å². The lowest BCUT2D eigenvalue weighted by Gasteiger charge is -2.34. The topological polar surface area (TPSA) is 85.4 Å². The van der Waals surface area contributed by atoms with Crippen LogP contribution in [0.3, 0.4) is 0 Å². The van der Waals surface area contributed by atoms with Gasteiger partial charge >= 0.3 is 6.03 Å². The van der Waals surface area contributed by atoms with Gasteiger partial charge in [-0.1, -0.05) is 25.1 Å². The van der Waals surface area contributed by atoms with Crippen molar-refractivity contribution in [2.45, 2.75) is 32.4 Å². The third kappa shape index (κ3) is 6.20. The smallest absolute Gasteiger partial charge is 0.321 e. The van der Waals surface area contributed by atoms with Crippen molar-refractivity contribution < 1.29 is 19.4 Å². The van der Waals surface area contributed by atoms with Crippen LogP contribution in [0.1, 0.15) is 19.4 Å². The van der Waals surface area contributed by atoms with Gasteiger partial charge in [0.05, 0.1) is 25.6 Å². The van der Waals surface area contributed by atoms with Crippen molar-refractivity contribution in [2.75, 3.05) is 51.1 Å². The maximum Gasteiger partial charge on any atom is 0.321 e. The van der Waals surface area contributed by atoms with Crippen molar-refractivity contribution in [3.05, 3.63) is 54.1 Å². The number of nitrogens with one attached hydrogen (secondary N) is 1. The number of aliphatic hydroxyl groups is 1. The number of carbonyl (C=O) groups is 2. The molecule has 0 aliphatic carbocycles. The Labute approximate surface area is 202 Å². The molecule has 184 valence electrons. The molecule has 8 nitrogen and oxygen atoms in total. The molecule has 0 saturated heterocycles. The van der Waals surface area contributed by atoms with Crippen LogP contribution < -0.4 is 15.0 Å². The molecule has 0 aromatic heterocycles. The van der Waals surface area contributed by atoms with Gasteiger partial charge in [-0.25, -0.2) is 4.79 Å². The van der Waals surface area contributed by atoms with Gasteiger partial charge in [-0.05, 0) is 37.3 Å². The monoisotopic (exact) mass is 468 g/mol. The highest BCUT2D eigenvalue weighted by Gasteiger charge is 2.31. The van der Waals surface area contributed by atoms with Crippen LogP contribution in [0.5, 0.6) is 5.75 Å².